The van der Waals surface area contributed by atoms with Crippen molar-refractivity contribution in [3.05, 3.63) is 92.6 Å². The number of amides is 2. The fourth-order valence-corrected chi connectivity index (χ4v) is 5.18. The third kappa shape index (κ3) is 8.93. The molecule has 3 aromatic rings. The summed E-state index contributed by atoms with van der Waals surface area (Å²) in [5, 5.41) is 28.9. The van der Waals surface area contributed by atoms with Gasteiger partial charge in [0.25, 0.3) is 0 Å². The molecule has 0 aromatic heterocycles. The maximum absolute atomic E-state index is 12.5. The van der Waals surface area contributed by atoms with Crippen LogP contribution in [-0.2, 0) is 16.1 Å². The highest BCUT2D eigenvalue weighted by atomic mass is 79.9. The van der Waals surface area contributed by atoms with E-state index in [9.17, 15) is 14.7 Å². The highest BCUT2D eigenvalue weighted by Gasteiger charge is 2.32. The molecule has 1 aliphatic heterocycles. The van der Waals surface area contributed by atoms with Crippen molar-refractivity contribution in [2.24, 2.45) is 5.10 Å². The predicted octanol–water partition coefficient (Wildman–Crippen LogP) is 4.43. The monoisotopic (exact) mass is 707 g/mol. The van der Waals surface area contributed by atoms with Crippen molar-refractivity contribution < 1.29 is 38.4 Å². The number of hydrazone groups is 1. The Morgan fingerprint density at radius 2 is 1.87 bits per heavy atom. The number of esters is 1. The Bertz CT molecular complexity index is 1700. The lowest BCUT2D eigenvalue weighted by molar-refractivity contribution is -0.136. The van der Waals surface area contributed by atoms with Crippen molar-refractivity contribution in [3.63, 3.8) is 0 Å². The molecule has 1 aliphatic rings. The van der Waals surface area contributed by atoms with E-state index in [1.165, 1.54) is 20.4 Å². The Morgan fingerprint density at radius 3 is 2.55 bits per heavy atom. The van der Waals surface area contributed by atoms with Crippen molar-refractivity contribution in [2.45, 2.75) is 32.7 Å². The van der Waals surface area contributed by atoms with Crippen LogP contribution in [0, 0.1) is 11.3 Å². The molecule has 0 radical (unpaired) electrons. The number of methoxy groups -OCH3 is 2. The van der Waals surface area contributed by atoms with Gasteiger partial charge in [-0.1, -0.05) is 18.2 Å². The Hall–Kier alpha value is -5.26. The van der Waals surface area contributed by atoms with Crippen molar-refractivity contribution in [2.75, 3.05) is 27.4 Å². The molecule has 0 bridgehead atoms. The van der Waals surface area contributed by atoms with E-state index in [1.54, 1.807) is 56.3 Å². The zero-order valence-corrected chi connectivity index (χ0v) is 27.7. The van der Waals surface area contributed by atoms with Crippen LogP contribution in [0.25, 0.3) is 0 Å². The summed E-state index contributed by atoms with van der Waals surface area (Å²) in [6, 6.07) is 16.5. The van der Waals surface area contributed by atoms with Gasteiger partial charge >= 0.3 is 12.0 Å². The number of halogens is 1. The predicted molar refractivity (Wildman–Crippen MR) is 175 cm³/mol. The van der Waals surface area contributed by atoms with Gasteiger partial charge in [-0.3, -0.25) is 5.43 Å². The number of nitriles is 1. The van der Waals surface area contributed by atoms with Gasteiger partial charge in [-0.05, 0) is 82.9 Å². The van der Waals surface area contributed by atoms with Crippen LogP contribution >= 0.6 is 15.9 Å². The average Bonchev–Trinajstić information content (AvgIpc) is 3.06. The molecule has 1 heterocycles. The first-order valence-corrected chi connectivity index (χ1v) is 15.2. The van der Waals surface area contributed by atoms with Crippen LogP contribution in [0.3, 0.4) is 0 Å². The number of urea groups is 1. The second-order valence-electron chi connectivity index (χ2n) is 10.0. The largest absolute Gasteiger partial charge is 0.493 e. The summed E-state index contributed by atoms with van der Waals surface area (Å²) in [4.78, 5) is 24.6. The smallest absolute Gasteiger partial charge is 0.337 e. The first-order chi connectivity index (χ1) is 22.7. The summed E-state index contributed by atoms with van der Waals surface area (Å²) in [6.07, 6.45) is 0.323. The second-order valence-corrected chi connectivity index (χ2v) is 10.9. The molecule has 2 atom stereocenters. The lowest BCUT2D eigenvalue weighted by Gasteiger charge is -2.28. The molecular formula is C33H34BrN5O8. The van der Waals surface area contributed by atoms with Crippen LogP contribution in [0.5, 0.6) is 23.0 Å². The van der Waals surface area contributed by atoms with Gasteiger partial charge in [-0.15, -0.1) is 0 Å². The number of carbonyl (C=O) groups excluding carboxylic acids is 2. The van der Waals surface area contributed by atoms with Crippen LogP contribution in [0.2, 0.25) is 0 Å². The number of nitrogens with one attached hydrogen (secondary N) is 3. The number of aliphatic hydroxyl groups is 1. The molecule has 3 aromatic carbocycles. The molecule has 4 N–H and O–H groups in total. The summed E-state index contributed by atoms with van der Waals surface area (Å²) in [6.45, 7) is 3.84. The quantitative estimate of drug-likeness (QED) is 0.0813. The van der Waals surface area contributed by atoms with Gasteiger partial charge in [0.1, 0.15) is 13.2 Å². The molecule has 2 amide bonds. The average molecular weight is 709 g/mol. The number of ether oxygens (including phenoxy) is 5. The Morgan fingerprint density at radius 1 is 1.11 bits per heavy atom. The van der Waals surface area contributed by atoms with E-state index < -0.39 is 24.3 Å². The Labute approximate surface area is 280 Å². The van der Waals surface area contributed by atoms with E-state index in [2.05, 4.69) is 43.2 Å². The summed E-state index contributed by atoms with van der Waals surface area (Å²) < 4.78 is 28.6. The second kappa shape index (κ2) is 16.3. The number of hydrogen-bond donors (Lipinski definition) is 4. The van der Waals surface area contributed by atoms with Gasteiger partial charge in [0.15, 0.2) is 29.2 Å². The maximum Gasteiger partial charge on any atom is 0.337 e. The van der Waals surface area contributed by atoms with E-state index in [-0.39, 0.29) is 18.8 Å². The molecule has 4 rings (SSSR count). The number of rotatable bonds is 14. The van der Waals surface area contributed by atoms with Crippen molar-refractivity contribution >= 4 is 34.1 Å². The molecular weight excluding hydrogens is 674 g/mol. The molecule has 0 saturated carbocycles. The minimum atomic E-state index is -1.18. The van der Waals surface area contributed by atoms with E-state index >= 15 is 0 Å². The topological polar surface area (TPSA) is 173 Å². The fraction of sp³-hybridized carbons (Fsp3) is 0.273. The summed E-state index contributed by atoms with van der Waals surface area (Å²) in [7, 11) is 2.79. The Balaban J connectivity index is 1.38. The number of hydrogen-bond acceptors (Lipinski definition) is 11. The number of allylic oxidation sites excluding steroid dienone is 1. The van der Waals surface area contributed by atoms with Gasteiger partial charge in [0.05, 0.1) is 54.8 Å². The van der Waals surface area contributed by atoms with Crippen molar-refractivity contribution in [1.29, 1.82) is 5.26 Å². The fourth-order valence-electron chi connectivity index (χ4n) is 4.61. The molecule has 0 fully saturated rings. The van der Waals surface area contributed by atoms with Crippen LogP contribution < -0.4 is 35.0 Å². The minimum Gasteiger partial charge on any atom is -0.493 e. The van der Waals surface area contributed by atoms with E-state index in [0.717, 1.165) is 5.56 Å². The molecule has 13 nitrogen and oxygen atoms in total. The lowest BCUT2D eigenvalue weighted by atomic mass is 9.95. The van der Waals surface area contributed by atoms with E-state index in [1.807, 2.05) is 12.1 Å². The summed E-state index contributed by atoms with van der Waals surface area (Å²) >= 11 is 3.52. The highest BCUT2D eigenvalue weighted by molar-refractivity contribution is 9.10. The molecule has 246 valence electrons. The molecule has 47 heavy (non-hydrogen) atoms. The van der Waals surface area contributed by atoms with E-state index in [4.69, 9.17) is 28.9 Å². The van der Waals surface area contributed by atoms with Gasteiger partial charge in [0.2, 0.25) is 0 Å². The normalized spacial score (nSPS) is 14.8. The lowest BCUT2D eigenvalue weighted by Crippen LogP contribution is -2.45. The number of carbonyl (C=O) groups is 2. The van der Waals surface area contributed by atoms with Crippen LogP contribution in [0.15, 0.2) is 75.4 Å². The first kappa shape index (κ1) is 34.6. The zero-order valence-electron chi connectivity index (χ0n) is 26.1. The van der Waals surface area contributed by atoms with E-state index in [0.29, 0.717) is 56.5 Å². The van der Waals surface area contributed by atoms with Crippen molar-refractivity contribution in [3.8, 4) is 29.1 Å². The van der Waals surface area contributed by atoms with Crippen LogP contribution in [0.4, 0.5) is 4.79 Å². The Kier molecular flexibility index (Phi) is 12.0. The summed E-state index contributed by atoms with van der Waals surface area (Å²) in [5.74, 6) is 1.09. The van der Waals surface area contributed by atoms with Crippen LogP contribution in [0.1, 0.15) is 42.1 Å². The third-order valence-corrected chi connectivity index (χ3v) is 7.42. The van der Waals surface area contributed by atoms with Gasteiger partial charge in [-0.25, -0.2) is 9.59 Å². The maximum atomic E-state index is 12.5. The number of aliphatic hydroxyl groups excluding tert-OH is 1. The van der Waals surface area contributed by atoms with Crippen molar-refractivity contribution in [1.82, 2.24) is 16.1 Å². The van der Waals surface area contributed by atoms with Gasteiger partial charge < -0.3 is 39.4 Å². The molecule has 0 saturated heterocycles. The van der Waals surface area contributed by atoms with Gasteiger partial charge in [-0.2, -0.15) is 10.4 Å². The molecule has 0 aliphatic carbocycles. The first-order valence-electron chi connectivity index (χ1n) is 14.4. The van der Waals surface area contributed by atoms with Gasteiger partial charge in [0, 0.05) is 5.70 Å². The highest BCUT2D eigenvalue weighted by Crippen LogP contribution is 2.37. The molecule has 0 spiro atoms. The molecule has 14 heteroatoms. The number of nitrogens with zero attached hydrogens (tertiary/aromatic N) is 2. The number of benzene rings is 3. The SMILES string of the molecule is CCOc1cc([C@@H]2NC(=O)NC(C)=C2C(=O)OC)ccc1OC[C@@H](O)N/N=C/c1cc(Br)c(OCc2ccc(C#N)cc2)c(OC)c1. The van der Waals surface area contributed by atoms with Crippen LogP contribution in [-0.4, -0.2) is 57.0 Å². The minimum absolute atomic E-state index is 0.178. The zero-order chi connectivity index (χ0) is 33.9. The third-order valence-electron chi connectivity index (χ3n) is 6.83. The molecule has 0 unspecified atom stereocenters. The summed E-state index contributed by atoms with van der Waals surface area (Å²) in [5.41, 5.74) is 5.96. The standard InChI is InChI=1S/C33H34BrN5O8/c1-5-45-26-14-23(30-29(32(41)44-4)19(2)37-33(42)38-30)10-11-25(26)46-18-28(40)39-36-16-22-12-24(34)31(27(13-22)43-3)47-17-21-8-6-20(15-35)7-9-21/h6-14,16,28,30,39-40H,5,17-18H2,1-4H3,(H2,37,38,42)/b36-16+/t28-,30+/m1/s1.